The molecule has 0 aromatic heterocycles. The van der Waals surface area contributed by atoms with Crippen LogP contribution in [-0.4, -0.2) is 5.75 Å². The van der Waals surface area contributed by atoms with Crippen LogP contribution in [0.4, 0.5) is 34.1 Å². The van der Waals surface area contributed by atoms with Crippen molar-refractivity contribution in [2.24, 2.45) is 5.92 Å². The lowest BCUT2D eigenvalue weighted by atomic mass is 9.67. The van der Waals surface area contributed by atoms with E-state index in [0.29, 0.717) is 5.92 Å². The van der Waals surface area contributed by atoms with Gasteiger partial charge in [-0.3, -0.25) is 0 Å². The zero-order valence-corrected chi connectivity index (χ0v) is 61.6. The van der Waals surface area contributed by atoms with Gasteiger partial charge in [0, 0.05) is 55.4 Å². The highest BCUT2D eigenvalue weighted by Gasteiger charge is 2.48. The third-order valence-corrected chi connectivity index (χ3v) is 24.3. The van der Waals surface area contributed by atoms with Crippen LogP contribution in [0.15, 0.2) is 429 Å². The predicted molar refractivity (Wildman–Crippen MR) is 459 cm³/mol. The number of allylic oxidation sites excluding steroid dienone is 4. The summed E-state index contributed by atoms with van der Waals surface area (Å²) >= 11 is 3.77. The molecule has 0 fully saturated rings. The van der Waals surface area contributed by atoms with Crippen molar-refractivity contribution < 1.29 is 0 Å². The summed E-state index contributed by atoms with van der Waals surface area (Å²) in [4.78, 5) is 7.36. The second-order valence-electron chi connectivity index (χ2n) is 28.2. The second kappa shape index (κ2) is 29.5. The molecule has 2 nitrogen and oxygen atoms in total. The minimum Gasteiger partial charge on any atom is -0.310 e. The highest BCUT2D eigenvalue weighted by Crippen LogP contribution is 2.60. The SMILES string of the molecule is C=Cc1ccc(CSc2ccc(C3(c4ccccc4)c4ccccc4-c4ccc(N(c5ccc(-c6ccccc6)cc5)c5ccc(-c6ccc(N(c7ccc(-c8ccccc8)cc7)c7ccc8c(c7)C(c7ccccc7)(c7ccc(SCC9=CCC(C=C)C=C9)cc7)c7ccccc7-8)cc6)cc5)cc43)cc2)cc1. The molecule has 0 spiro atoms. The van der Waals surface area contributed by atoms with E-state index in [1.54, 1.807) is 0 Å². The Labute approximate surface area is 643 Å². The molecular formula is C104H78N2S2. The second-order valence-corrected chi connectivity index (χ2v) is 30.3. The maximum Gasteiger partial charge on any atom is 0.0714 e. The van der Waals surface area contributed by atoms with E-state index in [2.05, 4.69) is 417 Å². The van der Waals surface area contributed by atoms with Crippen LogP contribution in [0.25, 0.3) is 61.7 Å². The molecular weight excluding hydrogens is 1340 g/mol. The first-order valence-electron chi connectivity index (χ1n) is 37.3. The van der Waals surface area contributed by atoms with Gasteiger partial charge in [-0.2, -0.15) is 0 Å². The quantitative estimate of drug-likeness (QED) is 0.0522. The Morgan fingerprint density at radius 2 is 0.657 bits per heavy atom. The van der Waals surface area contributed by atoms with Gasteiger partial charge < -0.3 is 9.80 Å². The van der Waals surface area contributed by atoms with Crippen molar-refractivity contribution in [2.75, 3.05) is 15.6 Å². The Kier molecular flexibility index (Phi) is 18.4. The molecule has 0 N–H and O–H groups in total. The lowest BCUT2D eigenvalue weighted by Gasteiger charge is -2.35. The number of hydrogen-bond acceptors (Lipinski definition) is 4. The number of benzene rings is 15. The fraction of sp³-hybridized carbons (Fsp3) is 0.0577. The fourth-order valence-electron chi connectivity index (χ4n) is 16.8. The highest BCUT2D eigenvalue weighted by atomic mass is 32.2. The topological polar surface area (TPSA) is 6.48 Å². The molecule has 18 rings (SSSR count). The number of hydrogen-bond donors (Lipinski definition) is 0. The van der Waals surface area contributed by atoms with E-state index < -0.39 is 10.8 Å². The van der Waals surface area contributed by atoms with Gasteiger partial charge in [0.25, 0.3) is 0 Å². The van der Waals surface area contributed by atoms with Crippen molar-refractivity contribution in [1.29, 1.82) is 0 Å². The lowest BCUT2D eigenvalue weighted by Crippen LogP contribution is -2.28. The van der Waals surface area contributed by atoms with Crippen LogP contribution in [0.3, 0.4) is 0 Å². The normalized spacial score (nSPS) is 15.8. The zero-order chi connectivity index (χ0) is 72.4. The van der Waals surface area contributed by atoms with Crippen LogP contribution in [0.5, 0.6) is 0 Å². The Morgan fingerprint density at radius 1 is 0.315 bits per heavy atom. The highest BCUT2D eigenvalue weighted by molar-refractivity contribution is 7.99. The van der Waals surface area contributed by atoms with Gasteiger partial charge in [0.15, 0.2) is 0 Å². The molecule has 15 aromatic carbocycles. The number of anilines is 6. The van der Waals surface area contributed by atoms with Crippen LogP contribution in [0.1, 0.15) is 62.1 Å². The molecule has 3 atom stereocenters. The molecule has 3 aliphatic carbocycles. The Morgan fingerprint density at radius 3 is 1.04 bits per heavy atom. The first-order chi connectivity index (χ1) is 53.4. The largest absolute Gasteiger partial charge is 0.310 e. The van der Waals surface area contributed by atoms with Gasteiger partial charge in [-0.15, -0.1) is 30.1 Å². The molecule has 0 amide bonds. The van der Waals surface area contributed by atoms with Crippen molar-refractivity contribution in [2.45, 2.75) is 32.8 Å². The molecule has 108 heavy (non-hydrogen) atoms. The third-order valence-electron chi connectivity index (χ3n) is 22.1. The number of thioether (sulfide) groups is 2. The van der Waals surface area contributed by atoms with Gasteiger partial charge in [0.2, 0.25) is 0 Å². The van der Waals surface area contributed by atoms with Gasteiger partial charge >= 0.3 is 0 Å². The van der Waals surface area contributed by atoms with Crippen LogP contribution < -0.4 is 9.80 Å². The van der Waals surface area contributed by atoms with Gasteiger partial charge in [0.1, 0.15) is 0 Å². The van der Waals surface area contributed by atoms with E-state index in [1.807, 2.05) is 35.7 Å². The monoisotopic (exact) mass is 1420 g/mol. The molecule has 3 unspecified atom stereocenters. The Hall–Kier alpha value is -12.4. The standard InChI is InChI=1S/C104H78N2S2/c1-3-73-33-37-75(38-34-73)71-107-93-63-49-85(50-64-93)103(83-25-13-7-14-26-83)99-31-19-17-29-95(99)97-67-61-91(69-101(97)103)105(87-53-41-79(42-54-87)77-21-9-5-10-22-77)89-57-45-81(46-58-89)82-47-59-90(60-48-82)106(88-55-43-80(44-56-88)78-23-11-6-12-24-78)92-62-68-98-96-30-18-20-32-100(96)104(102(98)70-92,84-27-15-8-16-28-84)86-51-65-94(66-52-86)108-72-76-39-35-74(4-2)36-40-76/h3-35,37-70,74H,1-2,36,71-72H2. The molecule has 15 aromatic rings. The van der Waals surface area contributed by atoms with Crippen molar-refractivity contribution in [3.05, 3.63) is 475 Å². The third kappa shape index (κ3) is 12.5. The summed E-state index contributed by atoms with van der Waals surface area (Å²) in [6, 6.07) is 140. The van der Waals surface area contributed by atoms with E-state index >= 15 is 0 Å². The van der Waals surface area contributed by atoms with Crippen LogP contribution in [-0.2, 0) is 16.6 Å². The summed E-state index contributed by atoms with van der Waals surface area (Å²) in [6.45, 7) is 7.99. The molecule has 0 saturated carbocycles. The molecule has 4 heteroatoms. The first-order valence-corrected chi connectivity index (χ1v) is 39.3. The average Bonchev–Trinajstić information content (AvgIpc) is 1.54. The summed E-state index contributed by atoms with van der Waals surface area (Å²) in [5, 5.41) is 0. The minimum absolute atomic E-state index is 0.413. The smallest absolute Gasteiger partial charge is 0.0714 e. The van der Waals surface area contributed by atoms with E-state index in [-0.39, 0.29) is 0 Å². The fourth-order valence-corrected chi connectivity index (χ4v) is 18.5. The lowest BCUT2D eigenvalue weighted by molar-refractivity contribution is 0.767. The summed E-state index contributed by atoms with van der Waals surface area (Å²) in [6.07, 6.45) is 11.9. The maximum absolute atomic E-state index is 4.03. The molecule has 0 heterocycles. The van der Waals surface area contributed by atoms with E-state index in [0.717, 1.165) is 68.7 Å². The van der Waals surface area contributed by atoms with Gasteiger partial charge in [0.05, 0.1) is 10.8 Å². The van der Waals surface area contributed by atoms with Gasteiger partial charge in [-0.1, -0.05) is 316 Å². The maximum atomic E-state index is 4.03. The molecule has 3 aliphatic rings. The van der Waals surface area contributed by atoms with Gasteiger partial charge in [-0.05, 0) is 226 Å². The summed E-state index contributed by atoms with van der Waals surface area (Å²) in [7, 11) is 0. The molecule has 516 valence electrons. The van der Waals surface area contributed by atoms with Crippen molar-refractivity contribution in [3.8, 4) is 55.6 Å². The number of rotatable bonds is 21. The van der Waals surface area contributed by atoms with E-state index in [4.69, 9.17) is 0 Å². The minimum atomic E-state index is -0.611. The molecule has 0 aliphatic heterocycles. The van der Waals surface area contributed by atoms with Crippen molar-refractivity contribution in [3.63, 3.8) is 0 Å². The molecule has 0 bridgehead atoms. The molecule has 0 radical (unpaired) electrons. The zero-order valence-electron chi connectivity index (χ0n) is 60.0. The Bertz CT molecular complexity index is 5820. The predicted octanol–water partition coefficient (Wildman–Crippen LogP) is 28.1. The van der Waals surface area contributed by atoms with E-state index in [1.165, 1.54) is 110 Å². The Balaban J connectivity index is 0.716. The number of nitrogens with zero attached hydrogens (tertiary/aromatic N) is 2. The van der Waals surface area contributed by atoms with Crippen LogP contribution in [0, 0.1) is 5.92 Å². The summed E-state index contributed by atoms with van der Waals surface area (Å²) in [5.74, 6) is 2.22. The van der Waals surface area contributed by atoms with E-state index in [9.17, 15) is 0 Å². The number of fused-ring (bicyclic) bond motifs is 6. The first kappa shape index (κ1) is 67.4. The van der Waals surface area contributed by atoms with Crippen LogP contribution >= 0.6 is 23.5 Å². The average molecular weight is 1420 g/mol. The van der Waals surface area contributed by atoms with Gasteiger partial charge in [-0.25, -0.2) is 0 Å². The van der Waals surface area contributed by atoms with Crippen molar-refractivity contribution in [1.82, 2.24) is 0 Å². The van der Waals surface area contributed by atoms with Crippen molar-refractivity contribution >= 4 is 63.7 Å². The summed E-state index contributed by atoms with van der Waals surface area (Å²) < 4.78 is 0. The molecule has 0 saturated heterocycles. The van der Waals surface area contributed by atoms with Crippen LogP contribution in [0.2, 0.25) is 0 Å². The summed E-state index contributed by atoms with van der Waals surface area (Å²) in [5.41, 5.74) is 30.9.